The summed E-state index contributed by atoms with van der Waals surface area (Å²) in [7, 11) is 0. The van der Waals surface area contributed by atoms with E-state index in [-0.39, 0.29) is 0 Å². The van der Waals surface area contributed by atoms with Gasteiger partial charge in [0.25, 0.3) is 0 Å². The van der Waals surface area contributed by atoms with Gasteiger partial charge < -0.3 is 10.1 Å². The van der Waals surface area contributed by atoms with Crippen LogP contribution >= 0.6 is 11.6 Å². The van der Waals surface area contributed by atoms with Gasteiger partial charge in [-0.3, -0.25) is 4.99 Å². The van der Waals surface area contributed by atoms with Gasteiger partial charge in [0.2, 0.25) is 0 Å². The molecule has 1 N–H and O–H groups in total. The summed E-state index contributed by atoms with van der Waals surface area (Å²) < 4.78 is 5.62. The zero-order valence-corrected chi connectivity index (χ0v) is 9.34. The van der Waals surface area contributed by atoms with Gasteiger partial charge in [-0.15, -0.1) is 0 Å². The van der Waals surface area contributed by atoms with Gasteiger partial charge in [-0.1, -0.05) is 17.7 Å². The van der Waals surface area contributed by atoms with E-state index in [1.807, 2.05) is 25.1 Å². The summed E-state index contributed by atoms with van der Waals surface area (Å²) in [6, 6.07) is 5.65. The summed E-state index contributed by atoms with van der Waals surface area (Å²) in [5, 5.41) is 3.88. The van der Waals surface area contributed by atoms with Crippen LogP contribution in [0.1, 0.15) is 5.56 Å². The van der Waals surface area contributed by atoms with Gasteiger partial charge in [-0.2, -0.15) is 0 Å². The number of ether oxygens (including phenoxy) is 1. The zero-order chi connectivity index (χ0) is 10.7. The highest BCUT2D eigenvalue weighted by Crippen LogP contribution is 2.24. The highest BCUT2D eigenvalue weighted by atomic mass is 35.5. The molecule has 0 spiro atoms. The predicted molar refractivity (Wildman–Crippen MR) is 62.0 cm³/mol. The SMILES string of the molecule is Cc1c(Cl)cccc1OCC1=NCCN1. The van der Waals surface area contributed by atoms with Crippen molar-refractivity contribution < 1.29 is 4.74 Å². The van der Waals surface area contributed by atoms with Crippen LogP contribution in [0.4, 0.5) is 0 Å². The molecule has 1 aliphatic heterocycles. The maximum atomic E-state index is 5.98. The maximum absolute atomic E-state index is 5.98. The number of amidine groups is 1. The maximum Gasteiger partial charge on any atom is 0.145 e. The second kappa shape index (κ2) is 4.53. The van der Waals surface area contributed by atoms with E-state index in [1.54, 1.807) is 0 Å². The average Bonchev–Trinajstić information content (AvgIpc) is 2.73. The second-order valence-corrected chi connectivity index (χ2v) is 3.81. The molecule has 0 saturated heterocycles. The third kappa shape index (κ3) is 2.42. The molecule has 1 heterocycles. The Morgan fingerprint density at radius 2 is 2.40 bits per heavy atom. The number of hydrogen-bond donors (Lipinski definition) is 1. The van der Waals surface area contributed by atoms with E-state index in [2.05, 4.69) is 10.3 Å². The lowest BCUT2D eigenvalue weighted by molar-refractivity contribution is 0.371. The largest absolute Gasteiger partial charge is 0.485 e. The molecule has 0 fully saturated rings. The van der Waals surface area contributed by atoms with Crippen molar-refractivity contribution in [2.24, 2.45) is 4.99 Å². The van der Waals surface area contributed by atoms with Gasteiger partial charge >= 0.3 is 0 Å². The van der Waals surface area contributed by atoms with Crippen LogP contribution in [-0.4, -0.2) is 25.5 Å². The Morgan fingerprint density at radius 3 is 3.13 bits per heavy atom. The van der Waals surface area contributed by atoms with E-state index in [0.717, 1.165) is 35.3 Å². The van der Waals surface area contributed by atoms with Gasteiger partial charge in [0.1, 0.15) is 18.2 Å². The molecule has 3 nitrogen and oxygen atoms in total. The average molecular weight is 225 g/mol. The van der Waals surface area contributed by atoms with Crippen molar-refractivity contribution in [1.29, 1.82) is 0 Å². The van der Waals surface area contributed by atoms with E-state index >= 15 is 0 Å². The van der Waals surface area contributed by atoms with Gasteiger partial charge in [0.05, 0.1) is 6.54 Å². The van der Waals surface area contributed by atoms with E-state index in [9.17, 15) is 0 Å². The standard InChI is InChI=1S/C11H13ClN2O/c1-8-9(12)3-2-4-10(8)15-7-11-13-5-6-14-11/h2-4H,5-7H2,1H3,(H,13,14). The fourth-order valence-corrected chi connectivity index (χ4v) is 1.60. The Balaban J connectivity index is 2.01. The molecule has 0 radical (unpaired) electrons. The predicted octanol–water partition coefficient (Wildman–Crippen LogP) is 2.03. The summed E-state index contributed by atoms with van der Waals surface area (Å²) >= 11 is 5.98. The Labute approximate surface area is 94.1 Å². The minimum Gasteiger partial charge on any atom is -0.485 e. The zero-order valence-electron chi connectivity index (χ0n) is 8.59. The Bertz CT molecular complexity index is 390. The smallest absolute Gasteiger partial charge is 0.145 e. The van der Waals surface area contributed by atoms with E-state index in [0.29, 0.717) is 6.61 Å². The number of aliphatic imine (C=N–C) groups is 1. The number of rotatable bonds is 3. The van der Waals surface area contributed by atoms with Crippen molar-refractivity contribution >= 4 is 17.4 Å². The summed E-state index contributed by atoms with van der Waals surface area (Å²) in [5.74, 6) is 1.73. The molecule has 0 unspecified atom stereocenters. The molecular weight excluding hydrogens is 212 g/mol. The first-order valence-electron chi connectivity index (χ1n) is 4.92. The van der Waals surface area contributed by atoms with E-state index < -0.39 is 0 Å². The van der Waals surface area contributed by atoms with E-state index in [1.165, 1.54) is 0 Å². The van der Waals surface area contributed by atoms with Gasteiger partial charge in [0, 0.05) is 17.1 Å². The first-order chi connectivity index (χ1) is 7.27. The Hall–Kier alpha value is -1.22. The summed E-state index contributed by atoms with van der Waals surface area (Å²) in [4.78, 5) is 4.25. The first-order valence-corrected chi connectivity index (χ1v) is 5.30. The fourth-order valence-electron chi connectivity index (χ4n) is 1.43. The number of nitrogens with zero attached hydrogens (tertiary/aromatic N) is 1. The molecule has 0 atom stereocenters. The minimum atomic E-state index is 0.487. The number of nitrogens with one attached hydrogen (secondary N) is 1. The van der Waals surface area contributed by atoms with E-state index in [4.69, 9.17) is 16.3 Å². The molecular formula is C11H13ClN2O. The molecule has 0 saturated carbocycles. The molecule has 1 aliphatic rings. The number of halogens is 1. The quantitative estimate of drug-likeness (QED) is 0.853. The molecule has 80 valence electrons. The molecule has 1 aromatic rings. The lowest BCUT2D eigenvalue weighted by Crippen LogP contribution is -2.25. The molecule has 2 rings (SSSR count). The van der Waals surface area contributed by atoms with Crippen molar-refractivity contribution in [3.8, 4) is 5.75 Å². The molecule has 0 aromatic heterocycles. The van der Waals surface area contributed by atoms with Crippen LogP contribution < -0.4 is 10.1 Å². The molecule has 0 amide bonds. The third-order valence-electron chi connectivity index (χ3n) is 2.33. The highest BCUT2D eigenvalue weighted by Gasteiger charge is 2.07. The lowest BCUT2D eigenvalue weighted by Gasteiger charge is -2.09. The number of benzene rings is 1. The van der Waals surface area contributed by atoms with Crippen LogP contribution in [0.15, 0.2) is 23.2 Å². The minimum absolute atomic E-state index is 0.487. The van der Waals surface area contributed by atoms with Crippen molar-refractivity contribution in [3.05, 3.63) is 28.8 Å². The van der Waals surface area contributed by atoms with Crippen molar-refractivity contribution in [1.82, 2.24) is 5.32 Å². The lowest BCUT2D eigenvalue weighted by atomic mass is 10.2. The number of hydrogen-bond acceptors (Lipinski definition) is 3. The van der Waals surface area contributed by atoms with Crippen molar-refractivity contribution in [3.63, 3.8) is 0 Å². The summed E-state index contributed by atoms with van der Waals surface area (Å²) in [6.07, 6.45) is 0. The molecule has 0 aliphatic carbocycles. The molecule has 15 heavy (non-hydrogen) atoms. The topological polar surface area (TPSA) is 33.6 Å². The molecule has 1 aromatic carbocycles. The van der Waals surface area contributed by atoms with Crippen LogP contribution in [0.2, 0.25) is 5.02 Å². The van der Waals surface area contributed by atoms with Crippen LogP contribution in [-0.2, 0) is 0 Å². The Morgan fingerprint density at radius 1 is 1.53 bits per heavy atom. The monoisotopic (exact) mass is 224 g/mol. The van der Waals surface area contributed by atoms with Gasteiger partial charge in [0.15, 0.2) is 0 Å². The van der Waals surface area contributed by atoms with Crippen LogP contribution in [0.25, 0.3) is 0 Å². The van der Waals surface area contributed by atoms with Crippen molar-refractivity contribution in [2.45, 2.75) is 6.92 Å². The fraction of sp³-hybridized carbons (Fsp3) is 0.364. The van der Waals surface area contributed by atoms with Crippen LogP contribution in [0, 0.1) is 6.92 Å². The highest BCUT2D eigenvalue weighted by molar-refractivity contribution is 6.31. The molecule has 0 bridgehead atoms. The van der Waals surface area contributed by atoms with Crippen molar-refractivity contribution in [2.75, 3.05) is 19.7 Å². The first kappa shape index (κ1) is 10.3. The second-order valence-electron chi connectivity index (χ2n) is 3.41. The van der Waals surface area contributed by atoms with Crippen LogP contribution in [0.3, 0.4) is 0 Å². The van der Waals surface area contributed by atoms with Crippen LogP contribution in [0.5, 0.6) is 5.75 Å². The Kier molecular flexibility index (Phi) is 3.11. The normalized spacial score (nSPS) is 14.7. The molecule has 4 heteroatoms. The summed E-state index contributed by atoms with van der Waals surface area (Å²) in [5.41, 5.74) is 0.970. The summed E-state index contributed by atoms with van der Waals surface area (Å²) in [6.45, 7) is 4.18. The van der Waals surface area contributed by atoms with Gasteiger partial charge in [-0.25, -0.2) is 0 Å². The van der Waals surface area contributed by atoms with Gasteiger partial charge in [-0.05, 0) is 19.1 Å². The third-order valence-corrected chi connectivity index (χ3v) is 2.74.